The Bertz CT molecular complexity index is 2220. The van der Waals surface area contributed by atoms with E-state index in [4.69, 9.17) is 62.6 Å². The summed E-state index contributed by atoms with van der Waals surface area (Å²) < 4.78 is 74.5. The Labute approximate surface area is 475 Å². The SMILES string of the molecule is CC[C@H]1OC(=O)[C@H](C)[C@@H](O[C@@H]2C[C@@](C)(OC)[C@@H](OC(=O)NCCN(Cc3ccc(OC)cc3OC)Cc3ccc(OC)cc3OC)[C@H](C)O2)[C@H](C)[C@@H](O[C@@H]2O[C@H](C)C[C@H](N(C)C)[C@H]2O)[C@](C)(OC)C[C@@H](C)[C@H](N)[C@H](C)[C@@H](O)[C@]1(C)O. The number of hydrogen-bond donors (Lipinski definition) is 5. The molecule has 80 heavy (non-hydrogen) atoms. The number of carbonyl (C=O) groups is 2. The number of carbonyl (C=O) groups excluding carboxylic acids is 2. The van der Waals surface area contributed by atoms with Crippen molar-refractivity contribution in [2.45, 2.75) is 198 Å². The van der Waals surface area contributed by atoms with Crippen LogP contribution in [0.1, 0.15) is 106 Å². The lowest BCUT2D eigenvalue weighted by atomic mass is 9.72. The number of methoxy groups -OCH3 is 6. The fraction of sp³-hybridized carbons (Fsp3) is 0.763. The summed E-state index contributed by atoms with van der Waals surface area (Å²) in [6, 6.07) is 10.3. The van der Waals surface area contributed by atoms with E-state index in [-0.39, 0.29) is 43.9 Å². The highest BCUT2D eigenvalue weighted by Crippen LogP contribution is 2.43. The van der Waals surface area contributed by atoms with Crippen molar-refractivity contribution in [3.8, 4) is 23.0 Å². The van der Waals surface area contributed by atoms with E-state index in [1.54, 1.807) is 63.2 Å². The monoisotopic (exact) mass is 1130 g/mol. The molecule has 3 saturated heterocycles. The number of cyclic esters (lactones) is 1. The van der Waals surface area contributed by atoms with E-state index in [1.165, 1.54) is 14.0 Å². The van der Waals surface area contributed by atoms with Gasteiger partial charge in [0.2, 0.25) is 0 Å². The van der Waals surface area contributed by atoms with Crippen LogP contribution in [-0.2, 0) is 55.8 Å². The minimum atomic E-state index is -1.89. The van der Waals surface area contributed by atoms with Crippen molar-refractivity contribution < 1.29 is 81.8 Å². The third-order valence-electron chi connectivity index (χ3n) is 17.3. The number of aliphatic hydroxyl groups is 3. The highest BCUT2D eigenvalue weighted by molar-refractivity contribution is 5.73. The number of ether oxygens (including phenoxy) is 12. The molecule has 3 fully saturated rings. The Morgan fingerprint density at radius 3 is 1.86 bits per heavy atom. The Kier molecular flexibility index (Phi) is 24.1. The Hall–Kier alpha value is -4.10. The van der Waals surface area contributed by atoms with Crippen molar-refractivity contribution in [2.75, 3.05) is 69.8 Å². The van der Waals surface area contributed by atoms with Crippen LogP contribution in [-0.4, -0.2) is 197 Å². The summed E-state index contributed by atoms with van der Waals surface area (Å²) in [6.45, 7) is 19.4. The number of aliphatic hydroxyl groups excluding tert-OH is 2. The van der Waals surface area contributed by atoms with Crippen LogP contribution in [0.2, 0.25) is 0 Å². The number of benzene rings is 2. The molecule has 456 valence electrons. The molecule has 21 nitrogen and oxygen atoms in total. The molecule has 0 saturated carbocycles. The zero-order valence-corrected chi connectivity index (χ0v) is 50.9. The van der Waals surface area contributed by atoms with Gasteiger partial charge in [0.25, 0.3) is 0 Å². The maximum atomic E-state index is 14.7. The molecule has 0 aliphatic carbocycles. The molecule has 3 heterocycles. The zero-order valence-electron chi connectivity index (χ0n) is 50.9. The van der Waals surface area contributed by atoms with E-state index in [0.717, 1.165) is 11.1 Å². The summed E-state index contributed by atoms with van der Waals surface area (Å²) in [6.07, 6.45) is -9.45. The second kappa shape index (κ2) is 28.9. The number of amides is 1. The van der Waals surface area contributed by atoms with Gasteiger partial charge in [-0.2, -0.15) is 0 Å². The molecule has 21 heteroatoms. The molecular weight excluding hydrogens is 1040 g/mol. The van der Waals surface area contributed by atoms with Gasteiger partial charge in [-0.3, -0.25) is 9.69 Å². The predicted octanol–water partition coefficient (Wildman–Crippen LogP) is 5.67. The van der Waals surface area contributed by atoms with Gasteiger partial charge in [0, 0.05) is 94.0 Å². The quantitative estimate of drug-likeness (QED) is 0.100. The molecule has 19 atom stereocenters. The van der Waals surface area contributed by atoms with Crippen molar-refractivity contribution in [1.29, 1.82) is 0 Å². The van der Waals surface area contributed by atoms with E-state index in [2.05, 4.69) is 10.2 Å². The molecule has 0 aromatic heterocycles. The highest BCUT2D eigenvalue weighted by Gasteiger charge is 2.55. The molecule has 5 rings (SSSR count). The van der Waals surface area contributed by atoms with Crippen molar-refractivity contribution in [1.82, 2.24) is 15.1 Å². The van der Waals surface area contributed by atoms with E-state index >= 15 is 0 Å². The standard InChI is InChI=1S/C59H98N4O17/c1-19-46-59(10,68)51(65)35(4)48(60)33(2)29-57(8,73-17)52(79-55-49(64)43(62(11)12)26-34(3)75-55)36(5)50(37(6)54(66)77-46)78-47-30-58(9,74-18)53(38(7)76-47)80-56(67)61-24-25-63(31-39-20-22-41(69-13)27-44(39)71-15)32-40-21-23-42(70-14)28-45(40)72-16/h20-23,27-28,33-38,43,46-53,55,64-65,68H,19,24-26,29-32,60H2,1-18H3,(H,61,67)/t33-,34-,35+,36+,37-,38+,43+,46-,47-,48+,49-,50+,51-,52-,53+,55+,57-,58-,59-/m1/s1. The summed E-state index contributed by atoms with van der Waals surface area (Å²) in [5.74, 6) is -0.899. The fourth-order valence-electron chi connectivity index (χ4n) is 12.1. The summed E-state index contributed by atoms with van der Waals surface area (Å²) in [7, 11) is 13.3. The van der Waals surface area contributed by atoms with E-state index in [1.807, 2.05) is 90.0 Å². The number of likely N-dealkylation sites (N-methyl/N-ethyl adjacent to an activating group) is 1. The van der Waals surface area contributed by atoms with Crippen LogP contribution in [0.25, 0.3) is 0 Å². The topological polar surface area (TPSA) is 250 Å². The van der Waals surface area contributed by atoms with Gasteiger partial charge in [-0.1, -0.05) is 39.8 Å². The number of nitrogens with two attached hydrogens (primary N) is 1. The van der Waals surface area contributed by atoms with Crippen LogP contribution < -0.4 is 30.0 Å². The smallest absolute Gasteiger partial charge is 0.407 e. The first kappa shape index (κ1) is 66.7. The summed E-state index contributed by atoms with van der Waals surface area (Å²) in [5, 5.41) is 38.6. The van der Waals surface area contributed by atoms with Crippen LogP contribution in [0, 0.1) is 23.7 Å². The first-order chi connectivity index (χ1) is 37.6. The number of rotatable bonds is 20. The van der Waals surface area contributed by atoms with E-state index in [9.17, 15) is 24.9 Å². The molecule has 2 aromatic carbocycles. The van der Waals surface area contributed by atoms with Crippen LogP contribution in [0.15, 0.2) is 36.4 Å². The largest absolute Gasteiger partial charge is 0.497 e. The van der Waals surface area contributed by atoms with Gasteiger partial charge in [-0.15, -0.1) is 0 Å². The average Bonchev–Trinajstić information content (AvgIpc) is 3.43. The summed E-state index contributed by atoms with van der Waals surface area (Å²) >= 11 is 0. The number of esters is 1. The number of hydrogen-bond acceptors (Lipinski definition) is 20. The number of alkyl carbamates (subject to hydrolysis) is 1. The van der Waals surface area contributed by atoms with Crippen molar-refractivity contribution >= 4 is 12.1 Å². The van der Waals surface area contributed by atoms with Crippen molar-refractivity contribution in [3.05, 3.63) is 47.5 Å². The van der Waals surface area contributed by atoms with Gasteiger partial charge in [0.05, 0.1) is 70.5 Å². The Balaban J connectivity index is 1.44. The molecular formula is C59H98N4O17. The highest BCUT2D eigenvalue weighted by atomic mass is 16.7. The number of nitrogens with one attached hydrogen (secondary N) is 1. The van der Waals surface area contributed by atoms with E-state index < -0.39 is 108 Å². The van der Waals surface area contributed by atoms with Crippen LogP contribution in [0.3, 0.4) is 0 Å². The van der Waals surface area contributed by atoms with Gasteiger partial charge in [0.15, 0.2) is 18.7 Å². The van der Waals surface area contributed by atoms with E-state index in [0.29, 0.717) is 49.1 Å². The average molecular weight is 1140 g/mol. The maximum Gasteiger partial charge on any atom is 0.407 e. The molecule has 1 amide bonds. The second-order valence-corrected chi connectivity index (χ2v) is 23.3. The van der Waals surface area contributed by atoms with Crippen LogP contribution in [0.5, 0.6) is 23.0 Å². The minimum absolute atomic E-state index is 0.0414. The van der Waals surface area contributed by atoms with Crippen LogP contribution >= 0.6 is 0 Å². The second-order valence-electron chi connectivity index (χ2n) is 23.3. The van der Waals surface area contributed by atoms with Gasteiger partial charge in [0.1, 0.15) is 46.4 Å². The molecule has 3 aliphatic rings. The lowest BCUT2D eigenvalue weighted by molar-refractivity contribution is -0.319. The molecule has 6 N–H and O–H groups in total. The lowest BCUT2D eigenvalue weighted by Gasteiger charge is -2.50. The maximum absolute atomic E-state index is 14.7. The van der Waals surface area contributed by atoms with Gasteiger partial charge >= 0.3 is 12.1 Å². The zero-order chi connectivity index (χ0) is 59.6. The summed E-state index contributed by atoms with van der Waals surface area (Å²) in [4.78, 5) is 32.7. The molecule has 0 spiro atoms. The van der Waals surface area contributed by atoms with Gasteiger partial charge in [-0.25, -0.2) is 4.79 Å². The molecule has 0 unspecified atom stereocenters. The van der Waals surface area contributed by atoms with Crippen molar-refractivity contribution in [2.24, 2.45) is 29.4 Å². The molecule has 2 aromatic rings. The first-order valence-electron chi connectivity index (χ1n) is 28.2. The van der Waals surface area contributed by atoms with Gasteiger partial charge < -0.3 is 88.1 Å². The van der Waals surface area contributed by atoms with Gasteiger partial charge in [-0.05, 0) is 93.0 Å². The van der Waals surface area contributed by atoms with Crippen LogP contribution in [0.4, 0.5) is 4.79 Å². The first-order valence-corrected chi connectivity index (χ1v) is 28.2. The minimum Gasteiger partial charge on any atom is -0.497 e. The third kappa shape index (κ3) is 15.8. The number of nitrogens with zero attached hydrogens (tertiary/aromatic N) is 2. The Morgan fingerprint density at radius 2 is 1.35 bits per heavy atom. The molecule has 3 aliphatic heterocycles. The lowest BCUT2D eigenvalue weighted by Crippen LogP contribution is -2.62. The normalized spacial score (nSPS) is 36.6. The molecule has 0 bridgehead atoms. The third-order valence-corrected chi connectivity index (χ3v) is 17.3. The fourth-order valence-corrected chi connectivity index (χ4v) is 12.1. The molecule has 0 radical (unpaired) electrons. The Morgan fingerprint density at radius 1 is 0.787 bits per heavy atom. The summed E-state index contributed by atoms with van der Waals surface area (Å²) in [5.41, 5.74) is 4.50. The van der Waals surface area contributed by atoms with Crippen molar-refractivity contribution in [3.63, 3.8) is 0 Å². The predicted molar refractivity (Wildman–Crippen MR) is 299 cm³/mol.